The molecule has 0 aromatic rings. The van der Waals surface area contributed by atoms with Gasteiger partial charge in [-0.15, -0.1) is 0 Å². The van der Waals surface area contributed by atoms with Crippen LogP contribution in [0.5, 0.6) is 0 Å². The number of rotatable bonds is 2. The van der Waals surface area contributed by atoms with E-state index in [1.54, 1.807) is 0 Å². The van der Waals surface area contributed by atoms with Gasteiger partial charge in [0.05, 0.1) is 0 Å². The minimum absolute atomic E-state index is 0.687. The first-order valence-electron chi connectivity index (χ1n) is 4.62. The molecule has 0 aromatic heterocycles. The molecule has 1 aliphatic heterocycles. The van der Waals surface area contributed by atoms with E-state index >= 15 is 0 Å². The summed E-state index contributed by atoms with van der Waals surface area (Å²) < 4.78 is 0. The van der Waals surface area contributed by atoms with Crippen molar-refractivity contribution in [3.05, 3.63) is 12.3 Å². The molecule has 1 nitrogen and oxygen atoms in total. The maximum absolute atomic E-state index is 4.11. The molecule has 11 heavy (non-hydrogen) atoms. The largest absolute Gasteiger partial charge is 0.372 e. The molecule has 1 rings (SSSR count). The Hall–Kier alpha value is -0.460. The Morgan fingerprint density at radius 2 is 2.36 bits per heavy atom. The van der Waals surface area contributed by atoms with Crippen molar-refractivity contribution in [2.45, 2.75) is 39.7 Å². The maximum atomic E-state index is 4.11. The van der Waals surface area contributed by atoms with Crippen LogP contribution in [0.1, 0.15) is 33.6 Å². The monoisotopic (exact) mass is 153 g/mol. The Balaban J connectivity index is 2.54. The first kappa shape index (κ1) is 8.63. The first-order valence-corrected chi connectivity index (χ1v) is 4.62. The second kappa shape index (κ2) is 3.29. The highest BCUT2D eigenvalue weighted by molar-refractivity contribution is 5.05. The Morgan fingerprint density at radius 1 is 1.73 bits per heavy atom. The molecule has 2 unspecified atom stereocenters. The van der Waals surface area contributed by atoms with E-state index in [1.807, 2.05) is 0 Å². The van der Waals surface area contributed by atoms with E-state index in [4.69, 9.17) is 0 Å². The normalized spacial score (nSPS) is 27.7. The molecular weight excluding hydrogens is 134 g/mol. The van der Waals surface area contributed by atoms with Crippen molar-refractivity contribution in [2.75, 3.05) is 6.54 Å². The van der Waals surface area contributed by atoms with Crippen LogP contribution in [0, 0.1) is 5.92 Å². The SMILES string of the molecule is C=C1C(C)CCN1C(C)CC. The molecule has 0 amide bonds. The van der Waals surface area contributed by atoms with Crippen molar-refractivity contribution < 1.29 is 0 Å². The topological polar surface area (TPSA) is 3.24 Å². The van der Waals surface area contributed by atoms with E-state index in [0.717, 1.165) is 0 Å². The van der Waals surface area contributed by atoms with Crippen LogP contribution in [0.15, 0.2) is 12.3 Å². The van der Waals surface area contributed by atoms with E-state index in [0.29, 0.717) is 12.0 Å². The summed E-state index contributed by atoms with van der Waals surface area (Å²) in [4.78, 5) is 2.45. The highest BCUT2D eigenvalue weighted by Gasteiger charge is 2.24. The van der Waals surface area contributed by atoms with Crippen LogP contribution in [-0.4, -0.2) is 17.5 Å². The van der Waals surface area contributed by atoms with Crippen LogP contribution >= 0.6 is 0 Å². The van der Waals surface area contributed by atoms with Gasteiger partial charge in [0.1, 0.15) is 0 Å². The number of likely N-dealkylation sites (tertiary alicyclic amines) is 1. The van der Waals surface area contributed by atoms with Gasteiger partial charge in [0.25, 0.3) is 0 Å². The van der Waals surface area contributed by atoms with Gasteiger partial charge in [-0.3, -0.25) is 0 Å². The molecule has 1 fully saturated rings. The fraction of sp³-hybridized carbons (Fsp3) is 0.800. The standard InChI is InChI=1S/C10H19N/c1-5-9(3)11-7-6-8(2)10(11)4/h8-9H,4-7H2,1-3H3. The lowest BCUT2D eigenvalue weighted by molar-refractivity contribution is 0.295. The summed E-state index contributed by atoms with van der Waals surface area (Å²) in [5.74, 6) is 0.712. The zero-order valence-corrected chi connectivity index (χ0v) is 7.93. The second-order valence-electron chi connectivity index (χ2n) is 3.63. The Bertz CT molecular complexity index is 151. The lowest BCUT2D eigenvalue weighted by Gasteiger charge is -2.26. The summed E-state index contributed by atoms with van der Waals surface area (Å²) in [6, 6.07) is 0.687. The lowest BCUT2D eigenvalue weighted by atomic mass is 10.1. The molecule has 2 atom stereocenters. The van der Waals surface area contributed by atoms with Gasteiger partial charge < -0.3 is 4.90 Å². The lowest BCUT2D eigenvalue weighted by Crippen LogP contribution is -2.28. The average Bonchev–Trinajstić information content (AvgIpc) is 2.32. The highest BCUT2D eigenvalue weighted by Crippen LogP contribution is 2.28. The van der Waals surface area contributed by atoms with E-state index in [2.05, 4.69) is 32.3 Å². The van der Waals surface area contributed by atoms with Crippen LogP contribution in [-0.2, 0) is 0 Å². The van der Waals surface area contributed by atoms with E-state index in [-0.39, 0.29) is 0 Å². The van der Waals surface area contributed by atoms with Gasteiger partial charge in [-0.25, -0.2) is 0 Å². The van der Waals surface area contributed by atoms with Crippen LogP contribution in [0.3, 0.4) is 0 Å². The van der Waals surface area contributed by atoms with Crippen molar-refractivity contribution >= 4 is 0 Å². The third kappa shape index (κ3) is 1.58. The summed E-state index contributed by atoms with van der Waals surface area (Å²) in [7, 11) is 0. The molecule has 1 heterocycles. The number of nitrogens with zero attached hydrogens (tertiary/aromatic N) is 1. The van der Waals surface area contributed by atoms with E-state index < -0.39 is 0 Å². The Morgan fingerprint density at radius 3 is 2.73 bits per heavy atom. The second-order valence-corrected chi connectivity index (χ2v) is 3.63. The molecule has 64 valence electrons. The van der Waals surface area contributed by atoms with Gasteiger partial charge >= 0.3 is 0 Å². The maximum Gasteiger partial charge on any atom is 0.0255 e. The smallest absolute Gasteiger partial charge is 0.0255 e. The molecular formula is C10H19N. The Kier molecular flexibility index (Phi) is 2.58. The first-order chi connectivity index (χ1) is 5.16. The summed E-state index contributed by atoms with van der Waals surface area (Å²) in [6.07, 6.45) is 2.52. The molecule has 0 radical (unpaired) electrons. The van der Waals surface area contributed by atoms with Crippen molar-refractivity contribution in [2.24, 2.45) is 5.92 Å². The molecule has 1 heteroatoms. The third-order valence-corrected chi connectivity index (χ3v) is 2.86. The van der Waals surface area contributed by atoms with E-state index in [1.165, 1.54) is 25.1 Å². The van der Waals surface area contributed by atoms with E-state index in [9.17, 15) is 0 Å². The predicted octanol–water partition coefficient (Wildman–Crippen LogP) is 2.64. The number of allylic oxidation sites excluding steroid dienone is 1. The molecule has 1 aliphatic rings. The summed E-state index contributed by atoms with van der Waals surface area (Å²) in [5.41, 5.74) is 1.35. The summed E-state index contributed by atoms with van der Waals surface area (Å²) >= 11 is 0. The fourth-order valence-corrected chi connectivity index (χ4v) is 1.65. The van der Waals surface area contributed by atoms with Crippen molar-refractivity contribution in [3.63, 3.8) is 0 Å². The summed E-state index contributed by atoms with van der Waals surface area (Å²) in [6.45, 7) is 12.1. The molecule has 0 bridgehead atoms. The molecule has 0 saturated carbocycles. The van der Waals surface area contributed by atoms with Crippen LogP contribution < -0.4 is 0 Å². The fourth-order valence-electron chi connectivity index (χ4n) is 1.65. The molecule has 0 N–H and O–H groups in total. The Labute approximate surface area is 70.1 Å². The number of hydrogen-bond donors (Lipinski definition) is 0. The van der Waals surface area contributed by atoms with Gasteiger partial charge in [0, 0.05) is 18.3 Å². The zero-order valence-electron chi connectivity index (χ0n) is 7.93. The van der Waals surface area contributed by atoms with Gasteiger partial charge in [-0.05, 0) is 25.7 Å². The molecule has 0 aromatic carbocycles. The molecule has 0 aliphatic carbocycles. The highest BCUT2D eigenvalue weighted by atomic mass is 15.2. The average molecular weight is 153 g/mol. The minimum Gasteiger partial charge on any atom is -0.372 e. The van der Waals surface area contributed by atoms with Crippen molar-refractivity contribution in [1.29, 1.82) is 0 Å². The third-order valence-electron chi connectivity index (χ3n) is 2.86. The predicted molar refractivity (Wildman–Crippen MR) is 49.4 cm³/mol. The number of hydrogen-bond acceptors (Lipinski definition) is 1. The van der Waals surface area contributed by atoms with Crippen molar-refractivity contribution in [1.82, 2.24) is 4.90 Å². The van der Waals surface area contributed by atoms with Crippen LogP contribution in [0.25, 0.3) is 0 Å². The van der Waals surface area contributed by atoms with Crippen LogP contribution in [0.4, 0.5) is 0 Å². The minimum atomic E-state index is 0.687. The summed E-state index contributed by atoms with van der Waals surface area (Å²) in [5, 5.41) is 0. The van der Waals surface area contributed by atoms with Gasteiger partial charge in [-0.1, -0.05) is 20.4 Å². The van der Waals surface area contributed by atoms with Gasteiger partial charge in [0.2, 0.25) is 0 Å². The van der Waals surface area contributed by atoms with Gasteiger partial charge in [-0.2, -0.15) is 0 Å². The van der Waals surface area contributed by atoms with Crippen LogP contribution in [0.2, 0.25) is 0 Å². The molecule has 1 saturated heterocycles. The quantitative estimate of drug-likeness (QED) is 0.589. The van der Waals surface area contributed by atoms with Crippen molar-refractivity contribution in [3.8, 4) is 0 Å². The molecule has 0 spiro atoms. The van der Waals surface area contributed by atoms with Gasteiger partial charge in [0.15, 0.2) is 0 Å². The zero-order chi connectivity index (χ0) is 8.43.